The molecule has 0 saturated heterocycles. The van der Waals surface area contributed by atoms with E-state index in [-0.39, 0.29) is 12.3 Å². The smallest absolute Gasteiger partial charge is 0.169 e. The highest BCUT2D eigenvalue weighted by Crippen LogP contribution is 2.43. The molecule has 1 heterocycles. The van der Waals surface area contributed by atoms with Gasteiger partial charge in [-0.3, -0.25) is 0 Å². The van der Waals surface area contributed by atoms with Crippen molar-refractivity contribution < 1.29 is 14.6 Å². The SMILES string of the molecule is NCc1c(O)c(Br)cc2c1OCCCO2. The quantitative estimate of drug-likeness (QED) is 0.819. The van der Waals surface area contributed by atoms with Gasteiger partial charge in [-0.05, 0) is 15.9 Å². The van der Waals surface area contributed by atoms with Crippen LogP contribution in [0.1, 0.15) is 12.0 Å². The van der Waals surface area contributed by atoms with Crippen LogP contribution in [0.25, 0.3) is 0 Å². The summed E-state index contributed by atoms with van der Waals surface area (Å²) in [5.74, 6) is 1.33. The molecule has 3 N–H and O–H groups in total. The number of benzene rings is 1. The van der Waals surface area contributed by atoms with Gasteiger partial charge < -0.3 is 20.3 Å². The molecule has 0 unspecified atom stereocenters. The van der Waals surface area contributed by atoms with E-state index in [2.05, 4.69) is 15.9 Å². The first-order valence-electron chi connectivity index (χ1n) is 4.74. The zero-order valence-electron chi connectivity index (χ0n) is 8.12. The predicted octanol–water partition coefficient (Wildman–Crippen LogP) is 1.77. The Morgan fingerprint density at radius 2 is 2.13 bits per heavy atom. The highest BCUT2D eigenvalue weighted by atomic mass is 79.9. The predicted molar refractivity (Wildman–Crippen MR) is 59.3 cm³/mol. The maximum absolute atomic E-state index is 9.78. The molecule has 4 nitrogen and oxygen atoms in total. The molecule has 0 aliphatic carbocycles. The van der Waals surface area contributed by atoms with Crippen molar-refractivity contribution in [1.82, 2.24) is 0 Å². The first-order valence-corrected chi connectivity index (χ1v) is 5.53. The van der Waals surface area contributed by atoms with Crippen molar-refractivity contribution >= 4 is 15.9 Å². The summed E-state index contributed by atoms with van der Waals surface area (Å²) in [4.78, 5) is 0. The van der Waals surface area contributed by atoms with Gasteiger partial charge in [0.25, 0.3) is 0 Å². The molecule has 0 fully saturated rings. The first-order chi connectivity index (χ1) is 7.24. The third-order valence-corrected chi connectivity index (χ3v) is 2.87. The van der Waals surface area contributed by atoms with Crippen molar-refractivity contribution in [1.29, 1.82) is 0 Å². The van der Waals surface area contributed by atoms with Gasteiger partial charge in [-0.1, -0.05) is 0 Å². The number of phenols is 1. The van der Waals surface area contributed by atoms with E-state index >= 15 is 0 Å². The van der Waals surface area contributed by atoms with E-state index in [4.69, 9.17) is 15.2 Å². The topological polar surface area (TPSA) is 64.7 Å². The second kappa shape index (κ2) is 4.28. The maximum atomic E-state index is 9.78. The number of fused-ring (bicyclic) bond motifs is 1. The lowest BCUT2D eigenvalue weighted by molar-refractivity contribution is 0.295. The van der Waals surface area contributed by atoms with Crippen LogP contribution in [0.5, 0.6) is 17.2 Å². The van der Waals surface area contributed by atoms with Gasteiger partial charge in [0.05, 0.1) is 23.2 Å². The third-order valence-electron chi connectivity index (χ3n) is 2.26. The standard InChI is InChI=1S/C10H12BrNO3/c11-7-4-8-10(6(5-12)9(7)13)15-3-1-2-14-8/h4,13H,1-3,5,12H2. The lowest BCUT2D eigenvalue weighted by Gasteiger charge is -2.14. The van der Waals surface area contributed by atoms with Crippen LogP contribution in [-0.2, 0) is 6.54 Å². The molecule has 0 atom stereocenters. The second-order valence-electron chi connectivity index (χ2n) is 3.27. The zero-order valence-corrected chi connectivity index (χ0v) is 9.71. The number of rotatable bonds is 1. The summed E-state index contributed by atoms with van der Waals surface area (Å²) >= 11 is 3.25. The van der Waals surface area contributed by atoms with Crippen LogP contribution in [0.3, 0.4) is 0 Å². The monoisotopic (exact) mass is 273 g/mol. The fourth-order valence-electron chi connectivity index (χ4n) is 1.52. The van der Waals surface area contributed by atoms with E-state index in [1.807, 2.05) is 0 Å². The van der Waals surface area contributed by atoms with Gasteiger partial charge in [-0.2, -0.15) is 0 Å². The molecule has 15 heavy (non-hydrogen) atoms. The molecule has 0 spiro atoms. The van der Waals surface area contributed by atoms with Crippen molar-refractivity contribution in [3.05, 3.63) is 16.1 Å². The van der Waals surface area contributed by atoms with E-state index in [1.165, 1.54) is 0 Å². The van der Waals surface area contributed by atoms with Crippen LogP contribution >= 0.6 is 15.9 Å². The Bertz CT molecular complexity index is 381. The minimum absolute atomic E-state index is 0.127. The van der Waals surface area contributed by atoms with Gasteiger partial charge in [0.2, 0.25) is 0 Å². The number of halogens is 1. The second-order valence-corrected chi connectivity index (χ2v) is 4.12. The fourth-order valence-corrected chi connectivity index (χ4v) is 1.97. The lowest BCUT2D eigenvalue weighted by atomic mass is 10.1. The van der Waals surface area contributed by atoms with Gasteiger partial charge in [0, 0.05) is 19.0 Å². The number of nitrogens with two attached hydrogens (primary N) is 1. The summed E-state index contributed by atoms with van der Waals surface area (Å²) in [7, 11) is 0. The maximum Gasteiger partial charge on any atom is 0.169 e. The zero-order chi connectivity index (χ0) is 10.8. The normalized spacial score (nSPS) is 14.8. The van der Waals surface area contributed by atoms with Gasteiger partial charge in [0.15, 0.2) is 11.5 Å². The first kappa shape index (κ1) is 10.6. The molecule has 1 aliphatic heterocycles. The number of aromatic hydroxyl groups is 1. The number of hydrogen-bond donors (Lipinski definition) is 2. The molecule has 2 rings (SSSR count). The highest BCUT2D eigenvalue weighted by molar-refractivity contribution is 9.10. The molecular weight excluding hydrogens is 262 g/mol. The third kappa shape index (κ3) is 1.89. The number of phenolic OH excluding ortho intramolecular Hbond substituents is 1. The highest BCUT2D eigenvalue weighted by Gasteiger charge is 2.19. The number of hydrogen-bond acceptors (Lipinski definition) is 4. The minimum Gasteiger partial charge on any atom is -0.506 e. The Labute approximate surface area is 96.1 Å². The van der Waals surface area contributed by atoms with Crippen LogP contribution < -0.4 is 15.2 Å². The molecule has 0 amide bonds. The van der Waals surface area contributed by atoms with Crippen molar-refractivity contribution in [2.45, 2.75) is 13.0 Å². The van der Waals surface area contributed by atoms with Crippen LogP contribution in [-0.4, -0.2) is 18.3 Å². The van der Waals surface area contributed by atoms with Gasteiger partial charge in [-0.15, -0.1) is 0 Å². The van der Waals surface area contributed by atoms with Gasteiger partial charge in [-0.25, -0.2) is 0 Å². The average Bonchev–Trinajstić information content (AvgIpc) is 2.45. The fraction of sp³-hybridized carbons (Fsp3) is 0.400. The Kier molecular flexibility index (Phi) is 3.02. The lowest BCUT2D eigenvalue weighted by Crippen LogP contribution is -2.03. The average molecular weight is 274 g/mol. The Morgan fingerprint density at radius 3 is 2.87 bits per heavy atom. The number of ether oxygens (including phenoxy) is 2. The van der Waals surface area contributed by atoms with Crippen molar-refractivity contribution in [3.8, 4) is 17.2 Å². The molecule has 0 saturated carbocycles. The summed E-state index contributed by atoms with van der Waals surface area (Å²) < 4.78 is 11.6. The molecule has 0 radical (unpaired) electrons. The Balaban J connectivity index is 2.56. The summed E-state index contributed by atoms with van der Waals surface area (Å²) in [5.41, 5.74) is 6.16. The van der Waals surface area contributed by atoms with E-state index in [0.717, 1.165) is 6.42 Å². The van der Waals surface area contributed by atoms with E-state index in [1.54, 1.807) is 6.07 Å². The largest absolute Gasteiger partial charge is 0.506 e. The molecule has 5 heteroatoms. The minimum atomic E-state index is 0.127. The molecule has 0 aromatic heterocycles. The van der Waals surface area contributed by atoms with Crippen molar-refractivity contribution in [2.24, 2.45) is 5.73 Å². The molecular formula is C10H12BrNO3. The van der Waals surface area contributed by atoms with Gasteiger partial charge in [0.1, 0.15) is 5.75 Å². The van der Waals surface area contributed by atoms with E-state index < -0.39 is 0 Å². The summed E-state index contributed by atoms with van der Waals surface area (Å²) in [6.07, 6.45) is 0.830. The van der Waals surface area contributed by atoms with Crippen molar-refractivity contribution in [3.63, 3.8) is 0 Å². The van der Waals surface area contributed by atoms with Crippen molar-refractivity contribution in [2.75, 3.05) is 13.2 Å². The van der Waals surface area contributed by atoms with Crippen LogP contribution in [0.2, 0.25) is 0 Å². The van der Waals surface area contributed by atoms with Crippen LogP contribution in [0.15, 0.2) is 10.5 Å². The molecule has 0 bridgehead atoms. The summed E-state index contributed by atoms with van der Waals surface area (Å²) in [5, 5.41) is 9.78. The molecule has 1 aromatic carbocycles. The Hall–Kier alpha value is -0.940. The van der Waals surface area contributed by atoms with Crippen LogP contribution in [0, 0.1) is 0 Å². The summed E-state index contributed by atoms with van der Waals surface area (Å²) in [6, 6.07) is 1.70. The van der Waals surface area contributed by atoms with Gasteiger partial charge >= 0.3 is 0 Å². The van der Waals surface area contributed by atoms with Crippen LogP contribution in [0.4, 0.5) is 0 Å². The van der Waals surface area contributed by atoms with E-state index in [0.29, 0.717) is 34.7 Å². The van der Waals surface area contributed by atoms with E-state index in [9.17, 15) is 5.11 Å². The molecule has 1 aliphatic rings. The molecule has 82 valence electrons. The summed E-state index contributed by atoms with van der Waals surface area (Å²) in [6.45, 7) is 1.42. The molecule has 1 aromatic rings. The Morgan fingerprint density at radius 1 is 1.40 bits per heavy atom.